The molecule has 22 heavy (non-hydrogen) atoms. The summed E-state index contributed by atoms with van der Waals surface area (Å²) in [4.78, 5) is 33.2. The minimum atomic E-state index is -1.32. The fourth-order valence-corrected chi connectivity index (χ4v) is 1.91. The predicted octanol–water partition coefficient (Wildman–Crippen LogP) is 2.14. The van der Waals surface area contributed by atoms with Crippen LogP contribution in [0.15, 0.2) is 40.4 Å². The van der Waals surface area contributed by atoms with Crippen LogP contribution in [-0.2, 0) is 5.41 Å². The van der Waals surface area contributed by atoms with Gasteiger partial charge in [-0.3, -0.25) is 9.59 Å². The Morgan fingerprint density at radius 3 is 2.32 bits per heavy atom. The molecule has 0 spiro atoms. The first-order valence-corrected chi connectivity index (χ1v) is 6.55. The van der Waals surface area contributed by atoms with Gasteiger partial charge in [-0.2, -0.15) is 5.10 Å². The second kappa shape index (κ2) is 5.51. The number of benzene rings is 1. The first-order valence-electron chi connectivity index (χ1n) is 6.55. The molecule has 2 aromatic rings. The zero-order chi connectivity index (χ0) is 16.5. The summed E-state index contributed by atoms with van der Waals surface area (Å²) in [6.45, 7) is 6.20. The van der Waals surface area contributed by atoms with Crippen molar-refractivity contribution < 1.29 is 9.90 Å². The zero-order valence-corrected chi connectivity index (χ0v) is 12.4. The molecule has 1 aromatic heterocycles. The number of rotatable bonds is 2. The van der Waals surface area contributed by atoms with Crippen molar-refractivity contribution in [2.75, 3.05) is 0 Å². The van der Waals surface area contributed by atoms with Crippen LogP contribution >= 0.6 is 0 Å². The number of hydrogen-bond acceptors (Lipinski definition) is 5. The smallest absolute Gasteiger partial charge is 0.341 e. The SMILES string of the molecule is CC(C)(C)c1ccc(-n2cc(O)c(=O)c(C(=O)N=O)n2)cc1. The molecule has 2 rings (SSSR count). The van der Waals surface area contributed by atoms with E-state index in [1.165, 1.54) is 0 Å². The van der Waals surface area contributed by atoms with Gasteiger partial charge in [0.2, 0.25) is 5.69 Å². The highest BCUT2D eigenvalue weighted by molar-refractivity contribution is 5.92. The monoisotopic (exact) mass is 301 g/mol. The molecule has 0 unspecified atom stereocenters. The van der Waals surface area contributed by atoms with Gasteiger partial charge in [-0.1, -0.05) is 32.9 Å². The van der Waals surface area contributed by atoms with Gasteiger partial charge < -0.3 is 5.11 Å². The minimum Gasteiger partial charge on any atom is -0.503 e. The van der Waals surface area contributed by atoms with E-state index in [1.807, 2.05) is 12.1 Å². The molecule has 0 saturated heterocycles. The maximum atomic E-state index is 11.6. The van der Waals surface area contributed by atoms with Crippen molar-refractivity contribution in [1.82, 2.24) is 9.78 Å². The zero-order valence-electron chi connectivity index (χ0n) is 12.4. The molecule has 0 aliphatic rings. The molecule has 0 aliphatic heterocycles. The fourth-order valence-electron chi connectivity index (χ4n) is 1.91. The van der Waals surface area contributed by atoms with Gasteiger partial charge >= 0.3 is 5.91 Å². The Bertz CT molecular complexity index is 786. The highest BCUT2D eigenvalue weighted by Crippen LogP contribution is 2.23. The number of aromatic hydroxyl groups is 1. The molecule has 1 heterocycles. The molecule has 1 N–H and O–H groups in total. The molecule has 0 radical (unpaired) electrons. The van der Waals surface area contributed by atoms with Crippen LogP contribution in [0.5, 0.6) is 5.75 Å². The second-order valence-electron chi connectivity index (χ2n) is 5.83. The third-order valence-corrected chi connectivity index (χ3v) is 3.18. The van der Waals surface area contributed by atoms with E-state index < -0.39 is 22.8 Å². The Kier molecular flexibility index (Phi) is 3.90. The first-order chi connectivity index (χ1) is 10.2. The van der Waals surface area contributed by atoms with Gasteiger partial charge in [0.25, 0.3) is 5.43 Å². The molecular formula is C15H15N3O4. The highest BCUT2D eigenvalue weighted by Gasteiger charge is 2.18. The molecule has 7 nitrogen and oxygen atoms in total. The van der Waals surface area contributed by atoms with Gasteiger partial charge in [-0.25, -0.2) is 4.68 Å². The molecule has 1 amide bonds. The van der Waals surface area contributed by atoms with E-state index >= 15 is 0 Å². The Hall–Kier alpha value is -2.83. The van der Waals surface area contributed by atoms with Crippen LogP contribution in [0.2, 0.25) is 0 Å². The van der Waals surface area contributed by atoms with Crippen molar-refractivity contribution in [1.29, 1.82) is 0 Å². The number of carbonyl (C=O) groups excluding carboxylic acids is 1. The van der Waals surface area contributed by atoms with Gasteiger partial charge in [-0.15, -0.1) is 4.91 Å². The lowest BCUT2D eigenvalue weighted by Gasteiger charge is -2.19. The van der Waals surface area contributed by atoms with Crippen LogP contribution in [0.4, 0.5) is 0 Å². The molecular weight excluding hydrogens is 286 g/mol. The average Bonchev–Trinajstić information content (AvgIpc) is 2.48. The predicted molar refractivity (Wildman–Crippen MR) is 80.3 cm³/mol. The summed E-state index contributed by atoms with van der Waals surface area (Å²) >= 11 is 0. The Morgan fingerprint density at radius 1 is 1.23 bits per heavy atom. The number of aromatic nitrogens is 2. The number of carbonyl (C=O) groups is 1. The van der Waals surface area contributed by atoms with Gasteiger partial charge in [0.15, 0.2) is 5.75 Å². The maximum absolute atomic E-state index is 11.6. The molecule has 0 atom stereocenters. The van der Waals surface area contributed by atoms with Crippen LogP contribution in [0.25, 0.3) is 5.69 Å². The third kappa shape index (κ3) is 2.93. The molecule has 0 saturated carbocycles. The van der Waals surface area contributed by atoms with Crippen LogP contribution in [0, 0.1) is 4.91 Å². The number of amides is 1. The summed E-state index contributed by atoms with van der Waals surface area (Å²) in [6, 6.07) is 7.23. The van der Waals surface area contributed by atoms with Gasteiger partial charge in [0.05, 0.1) is 11.9 Å². The molecule has 7 heteroatoms. The van der Waals surface area contributed by atoms with Crippen LogP contribution in [0.1, 0.15) is 36.8 Å². The van der Waals surface area contributed by atoms with Crippen LogP contribution in [-0.4, -0.2) is 20.8 Å². The maximum Gasteiger partial charge on any atom is 0.341 e. The standard InChI is InChI=1S/C15H15N3O4/c1-15(2,3)9-4-6-10(7-5-9)18-8-11(19)13(20)12(16-18)14(21)17-22/h4-8,19H,1-3H3. The van der Waals surface area contributed by atoms with Crippen molar-refractivity contribution in [2.45, 2.75) is 26.2 Å². The van der Waals surface area contributed by atoms with E-state index in [2.05, 4.69) is 31.0 Å². The van der Waals surface area contributed by atoms with Crippen LogP contribution < -0.4 is 5.43 Å². The summed E-state index contributed by atoms with van der Waals surface area (Å²) < 4.78 is 1.15. The van der Waals surface area contributed by atoms with E-state index in [4.69, 9.17) is 0 Å². The van der Waals surface area contributed by atoms with Crippen molar-refractivity contribution in [3.63, 3.8) is 0 Å². The quantitative estimate of drug-likeness (QED) is 0.856. The van der Waals surface area contributed by atoms with E-state index in [9.17, 15) is 19.6 Å². The summed E-state index contributed by atoms with van der Waals surface area (Å²) in [5.74, 6) is -2.00. The Balaban J connectivity index is 2.54. The average molecular weight is 301 g/mol. The Labute approximate surface area is 126 Å². The van der Waals surface area contributed by atoms with E-state index in [0.717, 1.165) is 16.4 Å². The molecule has 1 aromatic carbocycles. The molecule has 0 aliphatic carbocycles. The lowest BCUT2D eigenvalue weighted by atomic mass is 9.87. The normalized spacial score (nSPS) is 11.2. The lowest BCUT2D eigenvalue weighted by Crippen LogP contribution is -2.20. The number of nitrogens with zero attached hydrogens (tertiary/aromatic N) is 3. The third-order valence-electron chi connectivity index (χ3n) is 3.18. The minimum absolute atomic E-state index is 0.0276. The van der Waals surface area contributed by atoms with Crippen molar-refractivity contribution in [2.24, 2.45) is 5.18 Å². The summed E-state index contributed by atoms with van der Waals surface area (Å²) in [5.41, 5.74) is -0.141. The second-order valence-corrected chi connectivity index (χ2v) is 5.83. The van der Waals surface area contributed by atoms with Gasteiger partial charge in [-0.05, 0) is 23.1 Å². The van der Waals surface area contributed by atoms with Gasteiger partial charge in [0.1, 0.15) is 0 Å². The number of nitroso groups, excluding NO2 is 1. The Morgan fingerprint density at radius 2 is 1.82 bits per heavy atom. The van der Waals surface area contributed by atoms with Crippen molar-refractivity contribution >= 4 is 5.91 Å². The van der Waals surface area contributed by atoms with Crippen molar-refractivity contribution in [3.05, 3.63) is 56.9 Å². The topological polar surface area (TPSA) is 102 Å². The molecule has 0 fully saturated rings. The molecule has 0 bridgehead atoms. The summed E-state index contributed by atoms with van der Waals surface area (Å²) in [7, 11) is 0. The largest absolute Gasteiger partial charge is 0.503 e. The van der Waals surface area contributed by atoms with Crippen LogP contribution in [0.3, 0.4) is 0 Å². The lowest BCUT2D eigenvalue weighted by molar-refractivity contribution is 0.0992. The summed E-state index contributed by atoms with van der Waals surface area (Å²) in [5, 5.41) is 15.5. The van der Waals surface area contributed by atoms with E-state index in [-0.39, 0.29) is 5.41 Å². The molecule has 114 valence electrons. The van der Waals surface area contributed by atoms with E-state index in [0.29, 0.717) is 5.69 Å². The highest BCUT2D eigenvalue weighted by atomic mass is 16.3. The summed E-state index contributed by atoms with van der Waals surface area (Å²) in [6.07, 6.45) is 1.08. The van der Waals surface area contributed by atoms with E-state index in [1.54, 1.807) is 12.1 Å². The van der Waals surface area contributed by atoms with Gasteiger partial charge in [0, 0.05) is 5.18 Å². The fraction of sp³-hybridized carbons (Fsp3) is 0.267. The first kappa shape index (κ1) is 15.6. The van der Waals surface area contributed by atoms with Crippen molar-refractivity contribution in [3.8, 4) is 11.4 Å². The number of hydrogen-bond donors (Lipinski definition) is 1.